The summed E-state index contributed by atoms with van der Waals surface area (Å²) in [5, 5.41) is 12.8. The van der Waals surface area contributed by atoms with Crippen molar-refractivity contribution in [3.63, 3.8) is 0 Å². The van der Waals surface area contributed by atoms with Crippen molar-refractivity contribution in [2.75, 3.05) is 0 Å². The lowest BCUT2D eigenvalue weighted by atomic mass is 10.4. The number of rotatable bonds is 0. The number of hydrogen-bond donors (Lipinski definition) is 1. The van der Waals surface area contributed by atoms with Crippen molar-refractivity contribution in [1.29, 1.82) is 0 Å². The Morgan fingerprint density at radius 1 is 1.70 bits per heavy atom. The largest absolute Gasteiger partial charge is 0.411 e. The van der Waals surface area contributed by atoms with E-state index in [-0.39, 0.29) is 0 Å². The molecule has 0 fully saturated rings. The second kappa shape index (κ2) is 1.69. The summed E-state index contributed by atoms with van der Waals surface area (Å²) >= 11 is 1.37. The highest BCUT2D eigenvalue weighted by Crippen LogP contribution is 2.18. The van der Waals surface area contributed by atoms with Gasteiger partial charge in [-0.15, -0.1) is 5.10 Å². The number of nitrogens with zero attached hydrogens (tertiary/aromatic N) is 3. The van der Waals surface area contributed by atoms with Crippen LogP contribution >= 0.6 is 11.3 Å². The lowest BCUT2D eigenvalue weighted by molar-refractivity contribution is 0.162. The molecule has 52 valence electrons. The van der Waals surface area contributed by atoms with Crippen LogP contribution in [0.15, 0.2) is 5.51 Å². The fourth-order valence-corrected chi connectivity index (χ4v) is 1.57. The fourth-order valence-electron chi connectivity index (χ4n) is 0.865. The first-order chi connectivity index (χ1) is 4.79. The maximum absolute atomic E-state index is 9.06. The summed E-state index contributed by atoms with van der Waals surface area (Å²) in [6.45, 7) is 1.81. The van der Waals surface area contributed by atoms with Crippen molar-refractivity contribution in [2.24, 2.45) is 0 Å². The quantitative estimate of drug-likeness (QED) is 0.578. The van der Waals surface area contributed by atoms with E-state index in [9.17, 15) is 0 Å². The van der Waals surface area contributed by atoms with Crippen LogP contribution < -0.4 is 0 Å². The van der Waals surface area contributed by atoms with Gasteiger partial charge in [-0.05, 0) is 6.92 Å². The molecule has 5 heteroatoms. The van der Waals surface area contributed by atoms with Crippen LogP contribution in [0.25, 0.3) is 10.3 Å². The molecule has 0 atom stereocenters. The third kappa shape index (κ3) is 0.550. The predicted octanol–water partition coefficient (Wildman–Crippen LogP) is 1.04. The van der Waals surface area contributed by atoms with Crippen molar-refractivity contribution in [2.45, 2.75) is 6.92 Å². The van der Waals surface area contributed by atoms with Gasteiger partial charge in [-0.25, -0.2) is 4.98 Å². The summed E-state index contributed by atoms with van der Waals surface area (Å²) < 4.78 is 0. The Bertz CT molecular complexity index is 332. The Morgan fingerprint density at radius 2 is 2.50 bits per heavy atom. The third-order valence-electron chi connectivity index (χ3n) is 1.32. The van der Waals surface area contributed by atoms with Gasteiger partial charge in [-0.3, -0.25) is 0 Å². The Kier molecular flexibility index (Phi) is 0.960. The van der Waals surface area contributed by atoms with Crippen LogP contribution in [0.2, 0.25) is 0 Å². The van der Waals surface area contributed by atoms with E-state index in [4.69, 9.17) is 5.21 Å². The molecule has 0 aromatic carbocycles. The molecule has 0 aliphatic rings. The maximum Gasteiger partial charge on any atom is 0.183 e. The zero-order chi connectivity index (χ0) is 7.14. The SMILES string of the molecule is Cc1nn(O)c2scnc12. The molecule has 0 aliphatic heterocycles. The van der Waals surface area contributed by atoms with E-state index in [0.29, 0.717) is 4.83 Å². The molecule has 0 spiro atoms. The van der Waals surface area contributed by atoms with Crippen molar-refractivity contribution in [1.82, 2.24) is 14.9 Å². The smallest absolute Gasteiger partial charge is 0.183 e. The first kappa shape index (κ1) is 5.67. The molecule has 2 heterocycles. The number of hydrogen-bond acceptors (Lipinski definition) is 4. The van der Waals surface area contributed by atoms with E-state index in [2.05, 4.69) is 10.1 Å². The van der Waals surface area contributed by atoms with Gasteiger partial charge in [-0.1, -0.05) is 16.2 Å². The zero-order valence-corrected chi connectivity index (χ0v) is 6.09. The average Bonchev–Trinajstić information content (AvgIpc) is 2.39. The van der Waals surface area contributed by atoms with Gasteiger partial charge in [0, 0.05) is 0 Å². The van der Waals surface area contributed by atoms with Crippen molar-refractivity contribution >= 4 is 21.7 Å². The summed E-state index contributed by atoms with van der Waals surface area (Å²) in [6, 6.07) is 0. The van der Waals surface area contributed by atoms with E-state index in [1.54, 1.807) is 5.51 Å². The van der Waals surface area contributed by atoms with Gasteiger partial charge in [0.25, 0.3) is 0 Å². The zero-order valence-electron chi connectivity index (χ0n) is 5.27. The lowest BCUT2D eigenvalue weighted by Crippen LogP contribution is -1.89. The second-order valence-corrected chi connectivity index (χ2v) is 2.81. The lowest BCUT2D eigenvalue weighted by Gasteiger charge is -1.82. The van der Waals surface area contributed by atoms with E-state index < -0.39 is 0 Å². The Labute approximate surface area is 60.7 Å². The average molecular weight is 155 g/mol. The molecule has 4 nitrogen and oxygen atoms in total. The normalized spacial score (nSPS) is 10.9. The predicted molar refractivity (Wildman–Crippen MR) is 37.3 cm³/mol. The molecular formula is C5H5N3OS. The maximum atomic E-state index is 9.06. The fraction of sp³-hybridized carbons (Fsp3) is 0.200. The van der Waals surface area contributed by atoms with Crippen LogP contribution in [0.1, 0.15) is 5.69 Å². The summed E-state index contributed by atoms with van der Waals surface area (Å²) in [5.41, 5.74) is 3.23. The van der Waals surface area contributed by atoms with Crippen LogP contribution in [0, 0.1) is 6.92 Å². The number of thiazole rings is 1. The molecule has 0 bridgehead atoms. The van der Waals surface area contributed by atoms with Gasteiger partial charge in [-0.2, -0.15) is 0 Å². The molecule has 0 saturated carbocycles. The summed E-state index contributed by atoms with van der Waals surface area (Å²) in [5.74, 6) is 0. The standard InChI is InChI=1S/C5H5N3OS/c1-3-4-5(8(9)7-3)10-2-6-4/h2,9H,1H3. The van der Waals surface area contributed by atoms with E-state index in [1.807, 2.05) is 6.92 Å². The van der Waals surface area contributed by atoms with E-state index >= 15 is 0 Å². The molecule has 0 amide bonds. The molecule has 10 heavy (non-hydrogen) atoms. The molecule has 0 aliphatic carbocycles. The van der Waals surface area contributed by atoms with Crippen LogP contribution in [0.5, 0.6) is 0 Å². The summed E-state index contributed by atoms with van der Waals surface area (Å²) in [4.78, 5) is 5.58. The minimum Gasteiger partial charge on any atom is -0.411 e. The molecule has 2 aromatic rings. The molecule has 2 rings (SSSR count). The third-order valence-corrected chi connectivity index (χ3v) is 2.11. The van der Waals surface area contributed by atoms with Crippen molar-refractivity contribution in [3.05, 3.63) is 11.2 Å². The summed E-state index contributed by atoms with van der Waals surface area (Å²) in [7, 11) is 0. The minimum atomic E-state index is 0.706. The number of fused-ring (bicyclic) bond motifs is 1. The second-order valence-electron chi connectivity index (χ2n) is 1.98. The van der Waals surface area contributed by atoms with Gasteiger partial charge in [0.05, 0.1) is 11.2 Å². The topological polar surface area (TPSA) is 50.9 Å². The minimum absolute atomic E-state index is 0.706. The molecule has 2 aromatic heterocycles. The summed E-state index contributed by atoms with van der Waals surface area (Å²) in [6.07, 6.45) is 0. The first-order valence-electron chi connectivity index (χ1n) is 2.77. The van der Waals surface area contributed by atoms with Crippen molar-refractivity contribution < 1.29 is 5.21 Å². The van der Waals surface area contributed by atoms with Gasteiger partial charge >= 0.3 is 0 Å². The van der Waals surface area contributed by atoms with Gasteiger partial charge in [0.2, 0.25) is 0 Å². The monoisotopic (exact) mass is 155 g/mol. The van der Waals surface area contributed by atoms with E-state index in [1.165, 1.54) is 11.3 Å². The van der Waals surface area contributed by atoms with Crippen LogP contribution in [-0.2, 0) is 0 Å². The molecule has 0 unspecified atom stereocenters. The number of aromatic nitrogens is 3. The van der Waals surface area contributed by atoms with Crippen LogP contribution in [0.4, 0.5) is 0 Å². The molecule has 0 radical (unpaired) electrons. The van der Waals surface area contributed by atoms with Gasteiger partial charge < -0.3 is 5.21 Å². The number of aryl methyl sites for hydroxylation is 1. The molecule has 1 N–H and O–H groups in total. The van der Waals surface area contributed by atoms with Gasteiger partial charge in [0.1, 0.15) is 5.52 Å². The van der Waals surface area contributed by atoms with Crippen LogP contribution in [-0.4, -0.2) is 20.1 Å². The Balaban J connectivity index is 2.98. The van der Waals surface area contributed by atoms with Crippen molar-refractivity contribution in [3.8, 4) is 0 Å². The van der Waals surface area contributed by atoms with Crippen LogP contribution in [0.3, 0.4) is 0 Å². The Hall–Kier alpha value is -1.10. The first-order valence-corrected chi connectivity index (χ1v) is 3.65. The Morgan fingerprint density at radius 3 is 3.20 bits per heavy atom. The molecular weight excluding hydrogens is 150 g/mol. The highest BCUT2D eigenvalue weighted by molar-refractivity contribution is 7.16. The highest BCUT2D eigenvalue weighted by Gasteiger charge is 2.07. The highest BCUT2D eigenvalue weighted by atomic mass is 32.1. The molecule has 0 saturated heterocycles. The van der Waals surface area contributed by atoms with Gasteiger partial charge in [0.15, 0.2) is 4.83 Å². The van der Waals surface area contributed by atoms with E-state index in [0.717, 1.165) is 16.1 Å².